The van der Waals surface area contributed by atoms with Crippen LogP contribution in [0.3, 0.4) is 0 Å². The molecule has 0 radical (unpaired) electrons. The van der Waals surface area contributed by atoms with E-state index in [1.165, 1.54) is 0 Å². The van der Waals surface area contributed by atoms with Crippen LogP contribution >= 0.6 is 0 Å². The van der Waals surface area contributed by atoms with Gasteiger partial charge in [0.15, 0.2) is 5.58 Å². The van der Waals surface area contributed by atoms with Crippen LogP contribution in [0.15, 0.2) is 69.9 Å². The number of nitrogens with zero attached hydrogens (tertiary/aromatic N) is 2. The van der Waals surface area contributed by atoms with Crippen LogP contribution in [0.1, 0.15) is 11.3 Å². The molecule has 128 valence electrons. The average Bonchev–Trinajstić information content (AvgIpc) is 2.65. The Bertz CT molecular complexity index is 1180. The minimum Gasteiger partial charge on any atom is -0.419 e. The minimum absolute atomic E-state index is 0.294. The van der Waals surface area contributed by atoms with Crippen molar-refractivity contribution in [1.82, 2.24) is 4.98 Å². The second kappa shape index (κ2) is 6.48. The smallest absolute Gasteiger partial charge is 0.362 e. The third kappa shape index (κ3) is 2.97. The Morgan fingerprint density at radius 3 is 2.62 bits per heavy atom. The number of hydrogen-bond acceptors (Lipinski definition) is 4. The fraction of sp³-hybridized carbons (Fsp3) is 0.0909. The molecule has 0 spiro atoms. The first-order valence-corrected chi connectivity index (χ1v) is 8.40. The van der Waals surface area contributed by atoms with Crippen molar-refractivity contribution in [3.05, 3.63) is 82.3 Å². The largest absolute Gasteiger partial charge is 0.419 e. The summed E-state index contributed by atoms with van der Waals surface area (Å²) in [5.74, 6) is 0. The van der Waals surface area contributed by atoms with Crippen LogP contribution in [-0.4, -0.2) is 19.1 Å². The first-order chi connectivity index (χ1) is 12.6. The van der Waals surface area contributed by atoms with Crippen LogP contribution in [0, 0.1) is 0 Å². The van der Waals surface area contributed by atoms with Gasteiger partial charge in [-0.05, 0) is 34.5 Å². The van der Waals surface area contributed by atoms with Gasteiger partial charge in [0.05, 0.1) is 0 Å². The lowest BCUT2D eigenvalue weighted by Crippen LogP contribution is -2.09. The molecule has 0 aliphatic heterocycles. The van der Waals surface area contributed by atoms with Crippen molar-refractivity contribution in [3.8, 4) is 0 Å². The van der Waals surface area contributed by atoms with Crippen LogP contribution in [0.25, 0.3) is 34.0 Å². The Hall–Kier alpha value is -3.40. The van der Waals surface area contributed by atoms with Crippen molar-refractivity contribution < 1.29 is 4.42 Å². The molecule has 0 fully saturated rings. The summed E-state index contributed by atoms with van der Waals surface area (Å²) in [7, 11) is 3.88. The van der Waals surface area contributed by atoms with Gasteiger partial charge in [-0.25, -0.2) is 9.78 Å². The zero-order valence-electron chi connectivity index (χ0n) is 14.6. The molecule has 0 atom stereocenters. The first-order valence-electron chi connectivity index (χ1n) is 8.40. The minimum atomic E-state index is -0.440. The molecular weight excluding hydrogens is 324 g/mol. The van der Waals surface area contributed by atoms with E-state index in [1.807, 2.05) is 67.5 Å². The molecule has 26 heavy (non-hydrogen) atoms. The van der Waals surface area contributed by atoms with Gasteiger partial charge in [-0.1, -0.05) is 48.5 Å². The fourth-order valence-electron chi connectivity index (χ4n) is 2.95. The van der Waals surface area contributed by atoms with Gasteiger partial charge < -0.3 is 9.32 Å². The molecule has 1 aromatic heterocycles. The molecule has 4 heteroatoms. The van der Waals surface area contributed by atoms with E-state index in [9.17, 15) is 4.79 Å². The van der Waals surface area contributed by atoms with Gasteiger partial charge in [0.25, 0.3) is 0 Å². The highest BCUT2D eigenvalue weighted by molar-refractivity contribution is 5.92. The van der Waals surface area contributed by atoms with Gasteiger partial charge in [-0.2, -0.15) is 0 Å². The standard InChI is InChI=1S/C22H18N2O2/c1-24(2)17-11-13-19-21(14-17)26-22(25)20(23-19)12-10-16-8-5-7-15-6-3-4-9-18(15)16/h3-14H,1-2H3/b12-10+. The molecule has 0 aliphatic carbocycles. The van der Waals surface area contributed by atoms with Crippen molar-refractivity contribution in [2.75, 3.05) is 19.0 Å². The second-order valence-electron chi connectivity index (χ2n) is 6.33. The maximum Gasteiger partial charge on any atom is 0.362 e. The van der Waals surface area contributed by atoms with Gasteiger partial charge in [0.2, 0.25) is 0 Å². The van der Waals surface area contributed by atoms with Crippen LogP contribution in [-0.2, 0) is 0 Å². The van der Waals surface area contributed by atoms with Gasteiger partial charge in [-0.15, -0.1) is 0 Å². The number of rotatable bonds is 3. The van der Waals surface area contributed by atoms with Crippen molar-refractivity contribution >= 4 is 39.7 Å². The molecule has 3 aromatic carbocycles. The summed E-state index contributed by atoms with van der Waals surface area (Å²) in [5, 5.41) is 2.29. The van der Waals surface area contributed by atoms with E-state index in [0.717, 1.165) is 22.0 Å². The van der Waals surface area contributed by atoms with E-state index < -0.39 is 5.63 Å². The summed E-state index contributed by atoms with van der Waals surface area (Å²) in [4.78, 5) is 18.7. The topological polar surface area (TPSA) is 46.3 Å². The van der Waals surface area contributed by atoms with Crippen LogP contribution in [0.4, 0.5) is 5.69 Å². The van der Waals surface area contributed by atoms with Crippen molar-refractivity contribution in [2.45, 2.75) is 0 Å². The lowest BCUT2D eigenvalue weighted by atomic mass is 10.0. The summed E-state index contributed by atoms with van der Waals surface area (Å²) in [6.07, 6.45) is 3.62. The molecule has 0 amide bonds. The Morgan fingerprint density at radius 2 is 1.77 bits per heavy atom. The Balaban J connectivity index is 1.77. The molecule has 4 nitrogen and oxygen atoms in total. The van der Waals surface area contributed by atoms with Gasteiger partial charge in [0.1, 0.15) is 11.2 Å². The summed E-state index contributed by atoms with van der Waals surface area (Å²) < 4.78 is 5.46. The number of fused-ring (bicyclic) bond motifs is 2. The predicted octanol–water partition coefficient (Wildman–Crippen LogP) is 4.58. The van der Waals surface area contributed by atoms with Crippen LogP contribution in [0.5, 0.6) is 0 Å². The summed E-state index contributed by atoms with van der Waals surface area (Å²) in [6, 6.07) is 19.9. The van der Waals surface area contributed by atoms with E-state index in [1.54, 1.807) is 6.08 Å². The van der Waals surface area contributed by atoms with E-state index >= 15 is 0 Å². The molecular formula is C22H18N2O2. The van der Waals surface area contributed by atoms with Gasteiger partial charge >= 0.3 is 5.63 Å². The quantitative estimate of drug-likeness (QED) is 0.547. The summed E-state index contributed by atoms with van der Waals surface area (Å²) >= 11 is 0. The van der Waals surface area contributed by atoms with Crippen LogP contribution in [0.2, 0.25) is 0 Å². The van der Waals surface area contributed by atoms with Gasteiger partial charge in [-0.3, -0.25) is 0 Å². The Labute approximate surface area is 151 Å². The Morgan fingerprint density at radius 1 is 0.962 bits per heavy atom. The van der Waals surface area contributed by atoms with E-state index in [-0.39, 0.29) is 0 Å². The molecule has 0 saturated carbocycles. The first kappa shape index (κ1) is 16.1. The third-order valence-electron chi connectivity index (χ3n) is 4.36. The maximum absolute atomic E-state index is 12.3. The van der Waals surface area contributed by atoms with E-state index in [2.05, 4.69) is 23.2 Å². The number of aromatic nitrogens is 1. The number of anilines is 1. The number of benzene rings is 3. The zero-order chi connectivity index (χ0) is 18.1. The molecule has 1 heterocycles. The van der Waals surface area contributed by atoms with Gasteiger partial charge in [0, 0.05) is 25.8 Å². The van der Waals surface area contributed by atoms with Crippen LogP contribution < -0.4 is 10.5 Å². The molecule has 0 aliphatic rings. The monoisotopic (exact) mass is 342 g/mol. The molecule has 4 aromatic rings. The molecule has 4 rings (SSSR count). The van der Waals surface area contributed by atoms with Crippen molar-refractivity contribution in [2.24, 2.45) is 0 Å². The highest BCUT2D eigenvalue weighted by atomic mass is 16.4. The highest BCUT2D eigenvalue weighted by Gasteiger charge is 2.07. The van der Waals surface area contributed by atoms with Crippen molar-refractivity contribution in [1.29, 1.82) is 0 Å². The lowest BCUT2D eigenvalue weighted by molar-refractivity contribution is 0.552. The third-order valence-corrected chi connectivity index (χ3v) is 4.36. The summed E-state index contributed by atoms with van der Waals surface area (Å²) in [5.41, 5.74) is 3.00. The van der Waals surface area contributed by atoms with E-state index in [4.69, 9.17) is 4.42 Å². The highest BCUT2D eigenvalue weighted by Crippen LogP contribution is 2.21. The normalized spacial score (nSPS) is 11.5. The predicted molar refractivity (Wildman–Crippen MR) is 107 cm³/mol. The summed E-state index contributed by atoms with van der Waals surface area (Å²) in [6.45, 7) is 0. The SMILES string of the molecule is CN(C)c1ccc2nc(/C=C/c3cccc4ccccc34)c(=O)oc2c1. The molecule has 0 unspecified atom stereocenters. The second-order valence-corrected chi connectivity index (χ2v) is 6.33. The fourth-order valence-corrected chi connectivity index (χ4v) is 2.95. The lowest BCUT2D eigenvalue weighted by Gasteiger charge is -2.12. The Kier molecular flexibility index (Phi) is 4.01. The average molecular weight is 342 g/mol. The maximum atomic E-state index is 12.3. The zero-order valence-corrected chi connectivity index (χ0v) is 14.6. The van der Waals surface area contributed by atoms with Crippen molar-refractivity contribution in [3.63, 3.8) is 0 Å². The molecule has 0 bridgehead atoms. The molecule has 0 N–H and O–H groups in total. The number of hydrogen-bond donors (Lipinski definition) is 0. The van der Waals surface area contributed by atoms with E-state index in [0.29, 0.717) is 16.8 Å². The molecule has 0 saturated heterocycles.